The van der Waals surface area contributed by atoms with Crippen LogP contribution < -0.4 is 15.4 Å². The first-order valence-electron chi connectivity index (χ1n) is 12.2. The van der Waals surface area contributed by atoms with Gasteiger partial charge in [0.1, 0.15) is 11.5 Å². The summed E-state index contributed by atoms with van der Waals surface area (Å²) in [6, 6.07) is 26.0. The molecular weight excluding hydrogens is 438 g/mol. The molecule has 1 heterocycles. The Balaban J connectivity index is 1.41. The number of nitrogens with one attached hydrogen (secondary N) is 2. The molecule has 6 nitrogen and oxygen atoms in total. The molecule has 0 aliphatic carbocycles. The fourth-order valence-corrected chi connectivity index (χ4v) is 4.44. The fourth-order valence-electron chi connectivity index (χ4n) is 4.44. The molecule has 6 heteroatoms. The number of para-hydroxylation sites is 2. The van der Waals surface area contributed by atoms with Crippen molar-refractivity contribution in [2.75, 3.05) is 19.6 Å². The largest absolute Gasteiger partial charge is 0.457 e. The molecule has 1 aliphatic rings. The highest BCUT2D eigenvalue weighted by Gasteiger charge is 2.26. The number of nitrogens with zero attached hydrogens (tertiary/aromatic N) is 1. The van der Waals surface area contributed by atoms with Crippen molar-refractivity contribution < 1.29 is 14.3 Å². The van der Waals surface area contributed by atoms with Gasteiger partial charge in [-0.25, -0.2) is 0 Å². The molecule has 0 spiro atoms. The second kappa shape index (κ2) is 12.2. The smallest absolute Gasteiger partial charge is 0.223 e. The predicted octanol–water partition coefficient (Wildman–Crippen LogP) is 4.09. The number of rotatable bonds is 9. The van der Waals surface area contributed by atoms with Crippen molar-refractivity contribution in [3.63, 3.8) is 0 Å². The maximum atomic E-state index is 13.3. The van der Waals surface area contributed by atoms with E-state index in [0.29, 0.717) is 25.1 Å². The van der Waals surface area contributed by atoms with E-state index in [1.54, 1.807) is 0 Å². The molecule has 1 atom stereocenters. The van der Waals surface area contributed by atoms with Crippen LogP contribution in [0.25, 0.3) is 0 Å². The number of benzene rings is 3. The molecule has 2 amide bonds. The van der Waals surface area contributed by atoms with Gasteiger partial charge in [-0.15, -0.1) is 0 Å². The highest BCUT2D eigenvalue weighted by Crippen LogP contribution is 2.29. The van der Waals surface area contributed by atoms with Crippen molar-refractivity contribution in [1.29, 1.82) is 0 Å². The lowest BCUT2D eigenvalue weighted by Gasteiger charge is -2.36. The molecule has 35 heavy (non-hydrogen) atoms. The van der Waals surface area contributed by atoms with Gasteiger partial charge in [-0.3, -0.25) is 9.59 Å². The van der Waals surface area contributed by atoms with Crippen LogP contribution in [0.4, 0.5) is 0 Å². The number of piperazine rings is 1. The first-order chi connectivity index (χ1) is 17.1. The third kappa shape index (κ3) is 6.93. The van der Waals surface area contributed by atoms with Crippen LogP contribution in [0.15, 0.2) is 78.9 Å². The number of ether oxygens (including phenoxy) is 1. The zero-order chi connectivity index (χ0) is 24.5. The number of carbonyl (C=O) groups is 2. The second-order valence-electron chi connectivity index (χ2n) is 8.86. The quantitative estimate of drug-likeness (QED) is 0.493. The molecule has 2 N–H and O–H groups in total. The minimum Gasteiger partial charge on any atom is -0.457 e. The molecule has 182 valence electrons. The van der Waals surface area contributed by atoms with Crippen LogP contribution in [-0.2, 0) is 29.0 Å². The van der Waals surface area contributed by atoms with Gasteiger partial charge < -0.3 is 20.3 Å². The van der Waals surface area contributed by atoms with Crippen molar-refractivity contribution in [3.8, 4) is 11.5 Å². The van der Waals surface area contributed by atoms with Gasteiger partial charge in [0.15, 0.2) is 0 Å². The summed E-state index contributed by atoms with van der Waals surface area (Å²) >= 11 is 0. The number of carbonyl (C=O) groups excluding carboxylic acids is 2. The number of amides is 2. The van der Waals surface area contributed by atoms with E-state index in [1.807, 2.05) is 71.6 Å². The molecular formula is C29H33N3O3. The molecule has 1 aliphatic heterocycles. The Morgan fingerprint density at radius 1 is 0.943 bits per heavy atom. The molecule has 0 unspecified atom stereocenters. The van der Waals surface area contributed by atoms with Crippen LogP contribution in [0.5, 0.6) is 11.5 Å². The Labute approximate surface area is 207 Å². The Hall–Kier alpha value is -3.64. The summed E-state index contributed by atoms with van der Waals surface area (Å²) in [6.45, 7) is 4.26. The van der Waals surface area contributed by atoms with Crippen molar-refractivity contribution in [2.24, 2.45) is 0 Å². The summed E-state index contributed by atoms with van der Waals surface area (Å²) in [5.74, 6) is 1.52. The second-order valence-corrected chi connectivity index (χ2v) is 8.86. The maximum absolute atomic E-state index is 13.3. The standard InChI is InChI=1S/C29H33N3O3/c1-22(33)31-20-25-12-6-8-14-28(25)35-27-13-7-5-11-24(27)15-16-29(34)32-18-17-30-21-26(32)19-23-9-3-2-4-10-23/h2-14,26,30H,15-21H2,1H3,(H,31,33)/t26-/m1/s1. The van der Waals surface area contributed by atoms with Gasteiger partial charge >= 0.3 is 0 Å². The van der Waals surface area contributed by atoms with E-state index in [-0.39, 0.29) is 17.9 Å². The molecule has 0 radical (unpaired) electrons. The van der Waals surface area contributed by atoms with Gasteiger partial charge in [-0.05, 0) is 36.1 Å². The molecule has 0 saturated carbocycles. The Bertz CT molecular complexity index is 1130. The number of hydrogen-bond donors (Lipinski definition) is 2. The summed E-state index contributed by atoms with van der Waals surface area (Å²) < 4.78 is 6.26. The van der Waals surface area contributed by atoms with E-state index in [2.05, 4.69) is 22.8 Å². The first kappa shape index (κ1) is 24.5. The molecule has 4 rings (SSSR count). The van der Waals surface area contributed by atoms with Crippen molar-refractivity contribution >= 4 is 11.8 Å². The van der Waals surface area contributed by atoms with E-state index < -0.39 is 0 Å². The van der Waals surface area contributed by atoms with E-state index in [4.69, 9.17) is 4.74 Å². The lowest BCUT2D eigenvalue weighted by Crippen LogP contribution is -2.54. The average Bonchev–Trinajstić information content (AvgIpc) is 2.88. The van der Waals surface area contributed by atoms with Gasteiger partial charge in [0.2, 0.25) is 11.8 Å². The molecule has 3 aromatic rings. The number of aryl methyl sites for hydroxylation is 1. The van der Waals surface area contributed by atoms with Crippen LogP contribution in [0.2, 0.25) is 0 Å². The first-order valence-corrected chi connectivity index (χ1v) is 12.2. The minimum atomic E-state index is -0.0859. The van der Waals surface area contributed by atoms with Crippen LogP contribution in [0, 0.1) is 0 Å². The summed E-state index contributed by atoms with van der Waals surface area (Å²) in [6.07, 6.45) is 1.88. The van der Waals surface area contributed by atoms with Crippen molar-refractivity contribution in [2.45, 2.75) is 38.8 Å². The molecule has 3 aromatic carbocycles. The van der Waals surface area contributed by atoms with Crippen LogP contribution in [0.3, 0.4) is 0 Å². The average molecular weight is 472 g/mol. The Morgan fingerprint density at radius 2 is 1.60 bits per heavy atom. The van der Waals surface area contributed by atoms with Crippen molar-refractivity contribution in [1.82, 2.24) is 15.5 Å². The van der Waals surface area contributed by atoms with E-state index in [1.165, 1.54) is 12.5 Å². The van der Waals surface area contributed by atoms with E-state index in [9.17, 15) is 9.59 Å². The topological polar surface area (TPSA) is 70.7 Å². The SMILES string of the molecule is CC(=O)NCc1ccccc1Oc1ccccc1CCC(=O)N1CCNC[C@H]1Cc1ccccc1. The Morgan fingerprint density at radius 3 is 2.34 bits per heavy atom. The zero-order valence-corrected chi connectivity index (χ0v) is 20.2. The number of hydrogen-bond acceptors (Lipinski definition) is 4. The minimum absolute atomic E-state index is 0.0859. The Kier molecular flexibility index (Phi) is 8.52. The summed E-state index contributed by atoms with van der Waals surface area (Å²) in [5.41, 5.74) is 3.14. The lowest BCUT2D eigenvalue weighted by atomic mass is 10.0. The van der Waals surface area contributed by atoms with Gasteiger partial charge in [-0.1, -0.05) is 66.7 Å². The zero-order valence-electron chi connectivity index (χ0n) is 20.2. The highest BCUT2D eigenvalue weighted by molar-refractivity contribution is 5.77. The predicted molar refractivity (Wildman–Crippen MR) is 137 cm³/mol. The van der Waals surface area contributed by atoms with E-state index in [0.717, 1.165) is 42.9 Å². The fraction of sp³-hybridized carbons (Fsp3) is 0.310. The summed E-state index contributed by atoms with van der Waals surface area (Å²) in [4.78, 5) is 26.7. The van der Waals surface area contributed by atoms with E-state index >= 15 is 0 Å². The molecule has 1 saturated heterocycles. The normalized spacial score (nSPS) is 15.5. The highest BCUT2D eigenvalue weighted by atomic mass is 16.5. The third-order valence-electron chi connectivity index (χ3n) is 6.29. The van der Waals surface area contributed by atoms with Gasteiger partial charge in [0.25, 0.3) is 0 Å². The molecule has 0 aromatic heterocycles. The van der Waals surface area contributed by atoms with Crippen LogP contribution in [-0.4, -0.2) is 42.4 Å². The van der Waals surface area contributed by atoms with Crippen LogP contribution in [0.1, 0.15) is 30.0 Å². The maximum Gasteiger partial charge on any atom is 0.223 e. The summed E-state index contributed by atoms with van der Waals surface area (Å²) in [7, 11) is 0. The third-order valence-corrected chi connectivity index (χ3v) is 6.29. The summed E-state index contributed by atoms with van der Waals surface area (Å²) in [5, 5.41) is 6.26. The van der Waals surface area contributed by atoms with Gasteiger partial charge in [0.05, 0.1) is 0 Å². The monoisotopic (exact) mass is 471 g/mol. The molecule has 0 bridgehead atoms. The van der Waals surface area contributed by atoms with Gasteiger partial charge in [0, 0.05) is 51.1 Å². The molecule has 1 fully saturated rings. The van der Waals surface area contributed by atoms with Crippen molar-refractivity contribution in [3.05, 3.63) is 95.6 Å². The lowest BCUT2D eigenvalue weighted by molar-refractivity contribution is -0.134. The van der Waals surface area contributed by atoms with Crippen LogP contribution >= 0.6 is 0 Å². The van der Waals surface area contributed by atoms with Gasteiger partial charge in [-0.2, -0.15) is 0 Å².